The van der Waals surface area contributed by atoms with Crippen LogP contribution < -0.4 is 20.7 Å². The van der Waals surface area contributed by atoms with Gasteiger partial charge in [0.05, 0.1) is 0 Å². The molecular weight excluding hydrogens is 729 g/mol. The fraction of sp³-hybridized carbons (Fsp3) is 0.0714. The molecule has 0 spiro atoms. The summed E-state index contributed by atoms with van der Waals surface area (Å²) in [7, 11) is -4.00. The molecule has 0 saturated heterocycles. The molecule has 58 heavy (non-hydrogen) atoms. The minimum Gasteiger partial charge on any atom is -0.0623 e. The molecule has 0 aliphatic carbocycles. The first kappa shape index (κ1) is 33.8. The highest BCUT2D eigenvalue weighted by Gasteiger charge is 2.41. The summed E-state index contributed by atoms with van der Waals surface area (Å²) in [6.07, 6.45) is 0. The number of fused-ring (bicyclic) bond motifs is 10. The number of rotatable bonds is 3. The summed E-state index contributed by atoms with van der Waals surface area (Å²) < 4.78 is 0. The Hall–Kier alpha value is -6.33. The van der Waals surface area contributed by atoms with Gasteiger partial charge in [0.1, 0.15) is 16.1 Å². The van der Waals surface area contributed by atoms with Crippen LogP contribution in [0, 0.1) is 0 Å². The van der Waals surface area contributed by atoms with Crippen LogP contribution in [0.3, 0.4) is 0 Å². The van der Waals surface area contributed by atoms with Gasteiger partial charge in [-0.15, -0.1) is 0 Å². The van der Waals surface area contributed by atoms with E-state index in [1.165, 1.54) is 98.7 Å². The predicted octanol–water partition coefficient (Wildman–Crippen LogP) is 12.9. The number of benzene rings is 10. The molecule has 274 valence electrons. The zero-order chi connectivity index (χ0) is 38.9. The fourth-order valence-electron chi connectivity index (χ4n) is 11.2. The van der Waals surface area contributed by atoms with Gasteiger partial charge in [-0.05, 0) is 144 Å². The van der Waals surface area contributed by atoms with Crippen LogP contribution in [0.4, 0.5) is 0 Å². The van der Waals surface area contributed by atoms with Gasteiger partial charge in [-0.1, -0.05) is 184 Å². The lowest BCUT2D eigenvalue weighted by molar-refractivity contribution is 1.65. The smallest absolute Gasteiger partial charge is 0.0623 e. The zero-order valence-corrected chi connectivity index (χ0v) is 35.3. The van der Waals surface area contributed by atoms with Crippen molar-refractivity contribution in [3.05, 3.63) is 182 Å². The minimum atomic E-state index is -2.00. The number of hydrogen-bond donors (Lipinski definition) is 0. The Morgan fingerprint density at radius 2 is 0.672 bits per heavy atom. The summed E-state index contributed by atoms with van der Waals surface area (Å²) in [5.74, 6) is 0. The van der Waals surface area contributed by atoms with Crippen molar-refractivity contribution in [1.29, 1.82) is 0 Å². The van der Waals surface area contributed by atoms with Gasteiger partial charge in [-0.3, -0.25) is 0 Å². The molecule has 0 N–H and O–H groups in total. The van der Waals surface area contributed by atoms with E-state index in [1.54, 1.807) is 20.7 Å². The average Bonchev–Trinajstić information content (AvgIpc) is 3.64. The summed E-state index contributed by atoms with van der Waals surface area (Å²) in [6.45, 7) is 10.2. The molecule has 2 heterocycles. The molecular formula is C56H42Si2. The van der Waals surface area contributed by atoms with E-state index < -0.39 is 16.1 Å². The first-order valence-electron chi connectivity index (χ1n) is 20.7. The van der Waals surface area contributed by atoms with Crippen LogP contribution in [0.5, 0.6) is 0 Å². The first-order chi connectivity index (χ1) is 28.3. The molecule has 2 heteroatoms. The van der Waals surface area contributed by atoms with Crippen LogP contribution in [0.2, 0.25) is 26.2 Å². The molecule has 10 aromatic rings. The topological polar surface area (TPSA) is 0 Å². The Bertz CT molecular complexity index is 3240. The lowest BCUT2D eigenvalue weighted by Crippen LogP contribution is -2.50. The van der Waals surface area contributed by atoms with E-state index in [-0.39, 0.29) is 0 Å². The minimum absolute atomic E-state index is 1.26. The van der Waals surface area contributed by atoms with E-state index in [9.17, 15) is 0 Å². The average molecular weight is 771 g/mol. The van der Waals surface area contributed by atoms with Gasteiger partial charge >= 0.3 is 0 Å². The first-order valence-corrected chi connectivity index (χ1v) is 26.7. The van der Waals surface area contributed by atoms with E-state index in [0.29, 0.717) is 0 Å². The van der Waals surface area contributed by atoms with Gasteiger partial charge in [0.15, 0.2) is 0 Å². The summed E-state index contributed by atoms with van der Waals surface area (Å²) >= 11 is 0. The van der Waals surface area contributed by atoms with Crippen molar-refractivity contribution in [2.24, 2.45) is 0 Å². The summed E-state index contributed by atoms with van der Waals surface area (Å²) in [5, 5.41) is 16.5. The molecule has 2 aliphatic heterocycles. The molecule has 2 aliphatic rings. The zero-order valence-electron chi connectivity index (χ0n) is 33.3. The van der Waals surface area contributed by atoms with Gasteiger partial charge in [0, 0.05) is 0 Å². The second-order valence-corrected chi connectivity index (χ2v) is 26.2. The lowest BCUT2D eigenvalue weighted by atomic mass is 9.85. The van der Waals surface area contributed by atoms with Crippen molar-refractivity contribution < 1.29 is 0 Å². The van der Waals surface area contributed by atoms with E-state index in [0.717, 1.165) is 0 Å². The van der Waals surface area contributed by atoms with Crippen LogP contribution in [0.1, 0.15) is 0 Å². The summed E-state index contributed by atoms with van der Waals surface area (Å²) in [4.78, 5) is 0. The molecule has 10 aromatic carbocycles. The molecule has 0 nitrogen and oxygen atoms in total. The highest BCUT2D eigenvalue weighted by atomic mass is 28.3. The summed E-state index contributed by atoms with van der Waals surface area (Å²) in [5.41, 5.74) is 13.6. The number of hydrogen-bond acceptors (Lipinski definition) is 0. The van der Waals surface area contributed by atoms with Crippen molar-refractivity contribution in [2.45, 2.75) is 26.2 Å². The molecule has 0 bridgehead atoms. The van der Waals surface area contributed by atoms with Crippen molar-refractivity contribution in [3.8, 4) is 55.6 Å². The third-order valence-electron chi connectivity index (χ3n) is 13.8. The predicted molar refractivity (Wildman–Crippen MR) is 257 cm³/mol. The molecule has 0 unspecified atom stereocenters. The van der Waals surface area contributed by atoms with E-state index >= 15 is 0 Å². The molecule has 0 radical (unpaired) electrons. The molecule has 0 aromatic heterocycles. The standard InChI is InChI=1S/C56H42Si2/c1-57(2)52-27-9-7-17-42(52)48-25-13-23-46(55(48)57)40-19-11-21-44-50(40)34-51-41(47-24-14-26-49-43-18-8-10-28-53(43)58(3,4)56(47)49)20-12-22-45(51)54(44)38-30-29-37-31-35-15-5-6-16-36(35)32-39(37)33-38/h5-34H,1-4H3. The molecule has 0 atom stereocenters. The van der Waals surface area contributed by atoms with Crippen molar-refractivity contribution in [3.63, 3.8) is 0 Å². The quantitative estimate of drug-likeness (QED) is 0.124. The van der Waals surface area contributed by atoms with E-state index in [1.807, 2.05) is 0 Å². The second kappa shape index (κ2) is 12.1. The Balaban J connectivity index is 1.19. The van der Waals surface area contributed by atoms with E-state index in [4.69, 9.17) is 0 Å². The third-order valence-corrected chi connectivity index (χ3v) is 20.9. The Labute approximate surface area is 342 Å². The van der Waals surface area contributed by atoms with Gasteiger partial charge < -0.3 is 0 Å². The Morgan fingerprint density at radius 1 is 0.276 bits per heavy atom. The highest BCUT2D eigenvalue weighted by Crippen LogP contribution is 2.45. The third kappa shape index (κ3) is 4.62. The van der Waals surface area contributed by atoms with Crippen molar-refractivity contribution in [2.75, 3.05) is 0 Å². The SMILES string of the molecule is C[Si]1(C)c2ccccc2-c2cccc(-c3cccc4c(-c5ccc6cc7ccccc7cc6c5)c5cccc(-c6cccc7c6[Si](C)(C)c6ccccc6-7)c5cc34)c21. The maximum atomic E-state index is 2.56. The lowest BCUT2D eigenvalue weighted by Gasteiger charge is -2.25. The van der Waals surface area contributed by atoms with Gasteiger partial charge in [0.25, 0.3) is 0 Å². The molecule has 0 amide bonds. The van der Waals surface area contributed by atoms with Crippen LogP contribution >= 0.6 is 0 Å². The molecule has 0 saturated carbocycles. The van der Waals surface area contributed by atoms with Crippen LogP contribution in [-0.2, 0) is 0 Å². The van der Waals surface area contributed by atoms with Crippen molar-refractivity contribution in [1.82, 2.24) is 0 Å². The van der Waals surface area contributed by atoms with Gasteiger partial charge in [-0.2, -0.15) is 0 Å². The highest BCUT2D eigenvalue weighted by molar-refractivity contribution is 7.05. The maximum Gasteiger partial charge on any atom is 0.114 e. The van der Waals surface area contributed by atoms with E-state index in [2.05, 4.69) is 208 Å². The summed E-state index contributed by atoms with van der Waals surface area (Å²) in [6, 6.07) is 69.7. The Morgan fingerprint density at radius 3 is 1.21 bits per heavy atom. The second-order valence-electron chi connectivity index (χ2n) is 17.6. The van der Waals surface area contributed by atoms with Crippen LogP contribution in [0.15, 0.2) is 182 Å². The largest absolute Gasteiger partial charge is 0.114 e. The van der Waals surface area contributed by atoms with Gasteiger partial charge in [-0.25, -0.2) is 0 Å². The molecule has 0 fully saturated rings. The van der Waals surface area contributed by atoms with Crippen LogP contribution in [-0.4, -0.2) is 16.1 Å². The monoisotopic (exact) mass is 770 g/mol. The normalized spacial score (nSPS) is 14.5. The van der Waals surface area contributed by atoms with Gasteiger partial charge in [0.2, 0.25) is 0 Å². The maximum absolute atomic E-state index is 2.56. The van der Waals surface area contributed by atoms with Crippen molar-refractivity contribution >= 4 is 80.0 Å². The molecule has 12 rings (SSSR count). The fourth-order valence-corrected chi connectivity index (χ4v) is 18.1. The Kier molecular flexibility index (Phi) is 7.04. The van der Waals surface area contributed by atoms with Crippen LogP contribution in [0.25, 0.3) is 98.7 Å².